The van der Waals surface area contributed by atoms with Crippen LogP contribution in [0.3, 0.4) is 0 Å². The minimum absolute atomic E-state index is 0.241. The first-order valence-electron chi connectivity index (χ1n) is 7.51. The minimum Gasteiger partial charge on any atom is -0.328 e. The van der Waals surface area contributed by atoms with E-state index in [2.05, 4.69) is 16.4 Å². The molecule has 4 rings (SSSR count). The Kier molecular flexibility index (Phi) is 3.36. The van der Waals surface area contributed by atoms with Gasteiger partial charge in [-0.1, -0.05) is 23.7 Å². The lowest BCUT2D eigenvalue weighted by molar-refractivity contribution is 0.525. The smallest absolute Gasteiger partial charge is 0.153 e. The van der Waals surface area contributed by atoms with E-state index in [1.165, 1.54) is 12.1 Å². The Hall–Kier alpha value is -2.71. The summed E-state index contributed by atoms with van der Waals surface area (Å²) in [5.41, 5.74) is 1.80. The van der Waals surface area contributed by atoms with E-state index in [4.69, 9.17) is 16.6 Å². The van der Waals surface area contributed by atoms with Crippen molar-refractivity contribution in [1.29, 1.82) is 5.26 Å². The zero-order valence-electron chi connectivity index (χ0n) is 12.6. The number of pyridine rings is 1. The summed E-state index contributed by atoms with van der Waals surface area (Å²) in [5.74, 6) is 0.221. The molecule has 2 aromatic rings. The quantitative estimate of drug-likeness (QED) is 0.811. The monoisotopic (exact) mass is 338 g/mol. The average Bonchev–Trinajstić information content (AvgIpc) is 2.93. The highest BCUT2D eigenvalue weighted by Gasteiger charge is 2.46. The SMILES string of the molecule is N#CC1=C(Cl)NC(c2ccccn2)=NC12CCc1cc(F)ccc12. The lowest BCUT2D eigenvalue weighted by Gasteiger charge is -2.31. The molecule has 4 nitrogen and oxygen atoms in total. The molecule has 0 saturated heterocycles. The second-order valence-corrected chi connectivity index (χ2v) is 6.14. The normalized spacial score (nSPS) is 22.0. The van der Waals surface area contributed by atoms with Crippen LogP contribution in [0.25, 0.3) is 0 Å². The van der Waals surface area contributed by atoms with Crippen LogP contribution in [-0.2, 0) is 12.0 Å². The van der Waals surface area contributed by atoms with E-state index in [1.807, 2.05) is 18.2 Å². The van der Waals surface area contributed by atoms with Crippen molar-refractivity contribution in [2.45, 2.75) is 18.4 Å². The van der Waals surface area contributed by atoms with Crippen molar-refractivity contribution in [3.05, 3.63) is 76.0 Å². The van der Waals surface area contributed by atoms with E-state index in [9.17, 15) is 9.65 Å². The molecule has 6 heteroatoms. The standard InChI is InChI=1S/C18H12ClFN4/c19-16-14(10-21)18(7-6-11-9-12(20)4-5-13(11)18)24-17(23-16)15-3-1-2-8-22-15/h1-5,8-9H,6-7H2,(H,23,24). The van der Waals surface area contributed by atoms with Crippen LogP contribution in [0.15, 0.2) is 58.3 Å². The molecule has 0 amide bonds. The largest absolute Gasteiger partial charge is 0.328 e. The molecule has 2 aliphatic rings. The summed E-state index contributed by atoms with van der Waals surface area (Å²) < 4.78 is 13.6. The van der Waals surface area contributed by atoms with Crippen LogP contribution >= 0.6 is 11.6 Å². The van der Waals surface area contributed by atoms with Gasteiger partial charge < -0.3 is 5.32 Å². The maximum Gasteiger partial charge on any atom is 0.153 e. The molecular formula is C18H12ClFN4. The molecule has 1 unspecified atom stereocenters. The molecule has 1 N–H and O–H groups in total. The summed E-state index contributed by atoms with van der Waals surface area (Å²) >= 11 is 6.36. The molecule has 0 saturated carbocycles. The maximum absolute atomic E-state index is 13.6. The molecular weight excluding hydrogens is 327 g/mol. The Morgan fingerprint density at radius 2 is 2.17 bits per heavy atom. The molecule has 118 valence electrons. The number of benzene rings is 1. The average molecular weight is 339 g/mol. The number of halogens is 2. The van der Waals surface area contributed by atoms with Crippen molar-refractivity contribution in [2.24, 2.45) is 4.99 Å². The Morgan fingerprint density at radius 3 is 2.92 bits per heavy atom. The molecule has 1 aromatic heterocycles. The van der Waals surface area contributed by atoms with Crippen molar-refractivity contribution in [3.63, 3.8) is 0 Å². The number of fused-ring (bicyclic) bond motifs is 2. The Labute approximate surface area is 143 Å². The van der Waals surface area contributed by atoms with Crippen LogP contribution in [0, 0.1) is 17.1 Å². The Balaban J connectivity index is 1.94. The number of hydrogen-bond acceptors (Lipinski definition) is 4. The van der Waals surface area contributed by atoms with Crippen LogP contribution in [0.2, 0.25) is 0 Å². The molecule has 0 bridgehead atoms. The van der Waals surface area contributed by atoms with E-state index < -0.39 is 5.54 Å². The van der Waals surface area contributed by atoms with Gasteiger partial charge in [-0.15, -0.1) is 0 Å². The van der Waals surface area contributed by atoms with Crippen molar-refractivity contribution in [2.75, 3.05) is 0 Å². The summed E-state index contributed by atoms with van der Waals surface area (Å²) in [7, 11) is 0. The second kappa shape index (κ2) is 5.43. The second-order valence-electron chi connectivity index (χ2n) is 5.76. The van der Waals surface area contributed by atoms with Gasteiger partial charge in [0.25, 0.3) is 0 Å². The van der Waals surface area contributed by atoms with Gasteiger partial charge in [0.2, 0.25) is 0 Å². The van der Waals surface area contributed by atoms with Gasteiger partial charge in [-0.2, -0.15) is 5.26 Å². The first-order chi connectivity index (χ1) is 11.6. The van der Waals surface area contributed by atoms with Gasteiger partial charge in [0.1, 0.15) is 28.3 Å². The lowest BCUT2D eigenvalue weighted by atomic mass is 9.84. The Morgan fingerprint density at radius 1 is 1.29 bits per heavy atom. The first kappa shape index (κ1) is 14.9. The summed E-state index contributed by atoms with van der Waals surface area (Å²) in [6.07, 6.45) is 2.88. The van der Waals surface area contributed by atoms with Gasteiger partial charge in [0.05, 0.1) is 5.57 Å². The first-order valence-corrected chi connectivity index (χ1v) is 7.89. The molecule has 1 spiro atoms. The molecule has 2 heterocycles. The van der Waals surface area contributed by atoms with Gasteiger partial charge in [0.15, 0.2) is 5.84 Å². The molecule has 1 atom stereocenters. The predicted molar refractivity (Wildman–Crippen MR) is 88.8 cm³/mol. The van der Waals surface area contributed by atoms with Gasteiger partial charge in [-0.05, 0) is 48.2 Å². The van der Waals surface area contributed by atoms with E-state index in [0.717, 1.165) is 11.1 Å². The number of amidine groups is 1. The predicted octanol–water partition coefficient (Wildman–Crippen LogP) is 3.39. The van der Waals surface area contributed by atoms with Crippen LogP contribution in [0.4, 0.5) is 4.39 Å². The maximum atomic E-state index is 13.6. The fourth-order valence-electron chi connectivity index (χ4n) is 3.39. The molecule has 1 aromatic carbocycles. The summed E-state index contributed by atoms with van der Waals surface area (Å²) in [6.45, 7) is 0. The van der Waals surface area contributed by atoms with Crippen molar-refractivity contribution in [1.82, 2.24) is 10.3 Å². The third-order valence-corrected chi connectivity index (χ3v) is 4.74. The Bertz CT molecular complexity index is 930. The highest BCUT2D eigenvalue weighted by atomic mass is 35.5. The molecule has 1 aliphatic heterocycles. The third-order valence-electron chi connectivity index (χ3n) is 4.45. The van der Waals surface area contributed by atoms with E-state index in [-0.39, 0.29) is 11.0 Å². The number of aromatic nitrogens is 1. The minimum atomic E-state index is -0.882. The van der Waals surface area contributed by atoms with E-state index in [1.54, 1.807) is 12.3 Å². The van der Waals surface area contributed by atoms with Gasteiger partial charge in [0, 0.05) is 6.20 Å². The van der Waals surface area contributed by atoms with Crippen molar-refractivity contribution >= 4 is 17.4 Å². The van der Waals surface area contributed by atoms with Crippen LogP contribution in [0.1, 0.15) is 23.2 Å². The topological polar surface area (TPSA) is 61.1 Å². The fourth-order valence-corrected chi connectivity index (χ4v) is 3.68. The molecule has 0 fully saturated rings. The number of nitriles is 1. The summed E-state index contributed by atoms with van der Waals surface area (Å²) in [4.78, 5) is 9.11. The third kappa shape index (κ3) is 2.11. The van der Waals surface area contributed by atoms with Crippen molar-refractivity contribution < 1.29 is 4.39 Å². The highest BCUT2D eigenvalue weighted by Crippen LogP contribution is 2.48. The summed E-state index contributed by atoms with van der Waals surface area (Å²) in [6, 6.07) is 12.3. The number of aryl methyl sites for hydroxylation is 1. The summed E-state index contributed by atoms with van der Waals surface area (Å²) in [5, 5.41) is 12.8. The van der Waals surface area contributed by atoms with E-state index in [0.29, 0.717) is 29.9 Å². The zero-order valence-corrected chi connectivity index (χ0v) is 13.3. The number of aliphatic imine (C=N–C) groups is 1. The number of nitrogens with zero attached hydrogens (tertiary/aromatic N) is 3. The number of rotatable bonds is 1. The van der Waals surface area contributed by atoms with Crippen LogP contribution in [0.5, 0.6) is 0 Å². The van der Waals surface area contributed by atoms with Crippen molar-refractivity contribution in [3.8, 4) is 6.07 Å². The van der Waals surface area contributed by atoms with Gasteiger partial charge in [-0.3, -0.25) is 4.98 Å². The zero-order chi connectivity index (χ0) is 16.7. The molecule has 1 aliphatic carbocycles. The van der Waals surface area contributed by atoms with E-state index >= 15 is 0 Å². The molecule has 0 radical (unpaired) electrons. The van der Waals surface area contributed by atoms with Crippen LogP contribution < -0.4 is 5.32 Å². The lowest BCUT2D eigenvalue weighted by Crippen LogP contribution is -2.37. The van der Waals surface area contributed by atoms with Gasteiger partial charge >= 0.3 is 0 Å². The van der Waals surface area contributed by atoms with Crippen LogP contribution in [-0.4, -0.2) is 10.8 Å². The number of hydrogen-bond donors (Lipinski definition) is 1. The molecule has 24 heavy (non-hydrogen) atoms. The fraction of sp³-hybridized carbons (Fsp3) is 0.167. The highest BCUT2D eigenvalue weighted by molar-refractivity contribution is 6.32. The van der Waals surface area contributed by atoms with Gasteiger partial charge in [-0.25, -0.2) is 9.38 Å². The number of nitrogens with one attached hydrogen (secondary N) is 1.